The number of rotatable bonds is 6. The molecule has 8 heteroatoms. The van der Waals surface area contributed by atoms with Gasteiger partial charge < -0.3 is 19.9 Å². The van der Waals surface area contributed by atoms with Crippen LogP contribution in [-0.2, 0) is 11.3 Å². The third kappa shape index (κ3) is 5.35. The number of nitrogens with zero attached hydrogens (tertiary/aromatic N) is 4. The zero-order valence-corrected chi connectivity index (χ0v) is 17.3. The van der Waals surface area contributed by atoms with Crippen LogP contribution in [-0.4, -0.2) is 49.2 Å². The second-order valence-corrected chi connectivity index (χ2v) is 7.34. The summed E-state index contributed by atoms with van der Waals surface area (Å²) in [6.07, 6.45) is 1.37. The van der Waals surface area contributed by atoms with Crippen molar-refractivity contribution in [3.8, 4) is 0 Å². The van der Waals surface area contributed by atoms with Gasteiger partial charge in [0.15, 0.2) is 0 Å². The topological polar surface area (TPSA) is 70.6 Å². The summed E-state index contributed by atoms with van der Waals surface area (Å²) < 4.78 is 18.5. The molecule has 7 nitrogen and oxygen atoms in total. The Balaban J connectivity index is 1.40. The summed E-state index contributed by atoms with van der Waals surface area (Å²) in [7, 11) is 1.86. The monoisotopic (exact) mass is 421 g/mol. The van der Waals surface area contributed by atoms with Gasteiger partial charge >= 0.3 is 0 Å². The molecule has 31 heavy (non-hydrogen) atoms. The van der Waals surface area contributed by atoms with Crippen LogP contribution in [0.5, 0.6) is 0 Å². The largest absolute Gasteiger partial charge is 0.378 e. The number of hydrogen-bond acceptors (Lipinski definition) is 6. The number of morpholine rings is 1. The number of hydrogen-bond donors (Lipinski definition) is 1. The molecule has 4 rings (SSSR count). The van der Waals surface area contributed by atoms with Gasteiger partial charge in [-0.15, -0.1) is 0 Å². The van der Waals surface area contributed by atoms with Gasteiger partial charge in [-0.05, 0) is 42.0 Å². The summed E-state index contributed by atoms with van der Waals surface area (Å²) in [6, 6.07) is 15.7. The standard InChI is InChI=1S/C23H24FN5O2/c1-28(15-17-2-4-18(24)5-3-17)22-14-21(25-16-26-22)23(30)27-19-6-8-20(9-7-19)29-10-12-31-13-11-29/h2-9,14,16H,10-13,15H2,1H3,(H,27,30). The molecule has 2 aromatic carbocycles. The quantitative estimate of drug-likeness (QED) is 0.658. The Morgan fingerprint density at radius 3 is 2.52 bits per heavy atom. The Labute approximate surface area is 180 Å². The summed E-state index contributed by atoms with van der Waals surface area (Å²) in [5, 5.41) is 2.88. The van der Waals surface area contributed by atoms with Gasteiger partial charge in [0.25, 0.3) is 5.91 Å². The van der Waals surface area contributed by atoms with Gasteiger partial charge in [0.2, 0.25) is 0 Å². The first-order valence-electron chi connectivity index (χ1n) is 10.1. The van der Waals surface area contributed by atoms with Crippen molar-refractivity contribution in [2.24, 2.45) is 0 Å². The number of benzene rings is 2. The molecule has 0 spiro atoms. The summed E-state index contributed by atoms with van der Waals surface area (Å²) >= 11 is 0. The minimum atomic E-state index is -0.307. The lowest BCUT2D eigenvalue weighted by atomic mass is 10.2. The Morgan fingerprint density at radius 2 is 1.81 bits per heavy atom. The van der Waals surface area contributed by atoms with E-state index in [1.54, 1.807) is 18.2 Å². The summed E-state index contributed by atoms with van der Waals surface area (Å²) in [5.41, 5.74) is 3.01. The lowest BCUT2D eigenvalue weighted by Gasteiger charge is -2.28. The molecular weight excluding hydrogens is 397 g/mol. The highest BCUT2D eigenvalue weighted by molar-refractivity contribution is 6.03. The third-order valence-corrected chi connectivity index (χ3v) is 5.11. The minimum absolute atomic E-state index is 0.271. The highest BCUT2D eigenvalue weighted by Crippen LogP contribution is 2.20. The third-order valence-electron chi connectivity index (χ3n) is 5.11. The fourth-order valence-electron chi connectivity index (χ4n) is 3.40. The molecule has 1 amide bonds. The van der Waals surface area contributed by atoms with Crippen LogP contribution in [0.15, 0.2) is 60.9 Å². The Hall–Kier alpha value is -3.52. The number of carbonyl (C=O) groups is 1. The van der Waals surface area contributed by atoms with Gasteiger partial charge in [-0.2, -0.15) is 0 Å². The molecular formula is C23H24FN5O2. The van der Waals surface area contributed by atoms with Gasteiger partial charge in [-0.25, -0.2) is 14.4 Å². The Morgan fingerprint density at radius 1 is 1.10 bits per heavy atom. The smallest absolute Gasteiger partial charge is 0.274 e. The van der Waals surface area contributed by atoms with E-state index < -0.39 is 0 Å². The summed E-state index contributed by atoms with van der Waals surface area (Å²) in [6.45, 7) is 3.71. The molecule has 3 aromatic rings. The molecule has 0 atom stereocenters. The van der Waals surface area contributed by atoms with Crippen LogP contribution in [0.4, 0.5) is 21.6 Å². The van der Waals surface area contributed by atoms with E-state index in [1.165, 1.54) is 18.5 Å². The molecule has 0 aliphatic carbocycles. The van der Waals surface area contributed by atoms with Crippen molar-refractivity contribution in [1.29, 1.82) is 0 Å². The van der Waals surface area contributed by atoms with Gasteiger partial charge in [-0.3, -0.25) is 4.79 Å². The molecule has 1 aromatic heterocycles. The van der Waals surface area contributed by atoms with Crippen molar-refractivity contribution in [3.05, 3.63) is 78.0 Å². The lowest BCUT2D eigenvalue weighted by Crippen LogP contribution is -2.36. The molecule has 1 fully saturated rings. The van der Waals surface area contributed by atoms with Crippen molar-refractivity contribution in [2.75, 3.05) is 48.5 Å². The van der Waals surface area contributed by atoms with E-state index in [1.807, 2.05) is 36.2 Å². The maximum atomic E-state index is 13.1. The zero-order chi connectivity index (χ0) is 21.6. The van der Waals surface area contributed by atoms with Crippen LogP contribution in [0, 0.1) is 5.82 Å². The highest BCUT2D eigenvalue weighted by Gasteiger charge is 2.14. The first kappa shape index (κ1) is 20.7. The second kappa shape index (κ2) is 9.53. The van der Waals surface area contributed by atoms with Crippen molar-refractivity contribution in [1.82, 2.24) is 9.97 Å². The van der Waals surface area contributed by atoms with E-state index in [-0.39, 0.29) is 17.4 Å². The van der Waals surface area contributed by atoms with Crippen molar-refractivity contribution >= 4 is 23.1 Å². The van der Waals surface area contributed by atoms with E-state index in [2.05, 4.69) is 20.2 Å². The average Bonchev–Trinajstić information content (AvgIpc) is 2.81. The molecule has 0 unspecified atom stereocenters. The zero-order valence-electron chi connectivity index (χ0n) is 17.3. The van der Waals surface area contributed by atoms with Crippen molar-refractivity contribution in [2.45, 2.75) is 6.54 Å². The fourth-order valence-corrected chi connectivity index (χ4v) is 3.40. The SMILES string of the molecule is CN(Cc1ccc(F)cc1)c1cc(C(=O)Nc2ccc(N3CCOCC3)cc2)ncn1. The van der Waals surface area contributed by atoms with Gasteiger partial charge in [0, 0.05) is 44.1 Å². The first-order valence-corrected chi connectivity index (χ1v) is 10.1. The van der Waals surface area contributed by atoms with Crippen LogP contribution >= 0.6 is 0 Å². The maximum absolute atomic E-state index is 13.1. The molecule has 1 saturated heterocycles. The predicted molar refractivity (Wildman–Crippen MR) is 118 cm³/mol. The van der Waals surface area contributed by atoms with Gasteiger partial charge in [0.05, 0.1) is 13.2 Å². The van der Waals surface area contributed by atoms with Crippen LogP contribution in [0.25, 0.3) is 0 Å². The number of carbonyl (C=O) groups excluding carboxylic acids is 1. The average molecular weight is 421 g/mol. The van der Waals surface area contributed by atoms with Crippen molar-refractivity contribution < 1.29 is 13.9 Å². The number of ether oxygens (including phenoxy) is 1. The highest BCUT2D eigenvalue weighted by atomic mass is 19.1. The van der Waals surface area contributed by atoms with Gasteiger partial charge in [-0.1, -0.05) is 12.1 Å². The van der Waals surface area contributed by atoms with Crippen LogP contribution in [0.2, 0.25) is 0 Å². The molecule has 0 bridgehead atoms. The second-order valence-electron chi connectivity index (χ2n) is 7.34. The molecule has 0 saturated carbocycles. The fraction of sp³-hybridized carbons (Fsp3) is 0.261. The Kier molecular flexibility index (Phi) is 6.37. The van der Waals surface area contributed by atoms with Gasteiger partial charge in [0.1, 0.15) is 23.7 Å². The van der Waals surface area contributed by atoms with E-state index in [0.717, 1.165) is 37.6 Å². The number of nitrogens with one attached hydrogen (secondary N) is 1. The molecule has 1 N–H and O–H groups in total. The predicted octanol–water partition coefficient (Wildman–Crippen LogP) is 3.34. The first-order chi connectivity index (χ1) is 15.1. The Bertz CT molecular complexity index is 1020. The van der Waals surface area contributed by atoms with E-state index in [4.69, 9.17) is 4.74 Å². The number of anilines is 3. The summed E-state index contributed by atoms with van der Waals surface area (Å²) in [4.78, 5) is 25.2. The molecule has 160 valence electrons. The number of halogens is 1. The lowest BCUT2D eigenvalue weighted by molar-refractivity contribution is 0.102. The van der Waals surface area contributed by atoms with Crippen LogP contribution in [0.3, 0.4) is 0 Å². The molecule has 1 aliphatic rings. The van der Waals surface area contributed by atoms with Crippen LogP contribution < -0.4 is 15.1 Å². The van der Waals surface area contributed by atoms with Crippen molar-refractivity contribution in [3.63, 3.8) is 0 Å². The maximum Gasteiger partial charge on any atom is 0.274 e. The van der Waals surface area contributed by atoms with E-state index in [9.17, 15) is 9.18 Å². The number of amides is 1. The number of aromatic nitrogens is 2. The molecule has 0 radical (unpaired) electrons. The minimum Gasteiger partial charge on any atom is -0.378 e. The van der Waals surface area contributed by atoms with E-state index in [0.29, 0.717) is 18.1 Å². The van der Waals surface area contributed by atoms with E-state index >= 15 is 0 Å². The van der Waals surface area contributed by atoms with Crippen LogP contribution in [0.1, 0.15) is 16.1 Å². The normalized spacial score (nSPS) is 13.7. The molecule has 2 heterocycles. The molecule has 1 aliphatic heterocycles. The summed E-state index contributed by atoms with van der Waals surface area (Å²) in [5.74, 6) is 0.0236.